The molecule has 1 saturated carbocycles. The Labute approximate surface area is 146 Å². The normalized spacial score (nSPS) is 29.4. The molecule has 0 radical (unpaired) electrons. The Morgan fingerprint density at radius 2 is 2.17 bits per heavy atom. The second kappa shape index (κ2) is 6.48. The van der Waals surface area contributed by atoms with E-state index in [1.807, 2.05) is 23.3 Å². The first-order valence-corrected chi connectivity index (χ1v) is 9.73. The Bertz CT molecular complexity index is 640. The van der Waals surface area contributed by atoms with Gasteiger partial charge >= 0.3 is 0 Å². The first-order valence-electron chi connectivity index (χ1n) is 8.85. The lowest BCUT2D eigenvalue weighted by atomic mass is 9.82. The number of piperidine rings is 1. The highest BCUT2D eigenvalue weighted by Gasteiger charge is 2.45. The minimum Gasteiger partial charge on any atom is -0.376 e. The van der Waals surface area contributed by atoms with Crippen LogP contribution < -0.4 is 5.32 Å². The maximum atomic E-state index is 12.8. The van der Waals surface area contributed by atoms with Crippen LogP contribution in [0.25, 0.3) is 0 Å². The number of fused-ring (bicyclic) bond motifs is 1. The van der Waals surface area contributed by atoms with Gasteiger partial charge in [-0.05, 0) is 49.1 Å². The van der Waals surface area contributed by atoms with Crippen LogP contribution in [0.2, 0.25) is 0 Å². The molecule has 24 heavy (non-hydrogen) atoms. The third kappa shape index (κ3) is 3.22. The molecule has 3 aliphatic rings. The summed E-state index contributed by atoms with van der Waals surface area (Å²) in [5.74, 6) is 0.901. The predicted molar refractivity (Wildman–Crippen MR) is 92.0 cm³/mol. The van der Waals surface area contributed by atoms with Crippen molar-refractivity contribution in [2.75, 3.05) is 26.2 Å². The van der Waals surface area contributed by atoms with Crippen molar-refractivity contribution >= 4 is 23.2 Å². The Morgan fingerprint density at radius 1 is 1.33 bits per heavy atom. The van der Waals surface area contributed by atoms with Gasteiger partial charge in [-0.3, -0.25) is 9.59 Å². The molecule has 0 bridgehead atoms. The molecule has 3 fully saturated rings. The fourth-order valence-electron chi connectivity index (χ4n) is 3.82. The molecule has 0 aromatic carbocycles. The van der Waals surface area contributed by atoms with Gasteiger partial charge in [-0.15, -0.1) is 11.3 Å². The molecule has 4 rings (SSSR count). The molecule has 1 N–H and O–H groups in total. The molecule has 0 unspecified atom stereocenters. The van der Waals surface area contributed by atoms with Gasteiger partial charge in [0.05, 0.1) is 16.9 Å². The zero-order valence-corrected chi connectivity index (χ0v) is 14.8. The second-order valence-corrected chi connectivity index (χ2v) is 8.27. The number of nitrogens with one attached hydrogen (secondary N) is 1. The number of carbonyl (C=O) groups is 2. The van der Waals surface area contributed by atoms with Crippen LogP contribution in [-0.4, -0.2) is 49.1 Å². The minimum atomic E-state index is -0.144. The summed E-state index contributed by atoms with van der Waals surface area (Å²) in [6.45, 7) is 4.59. The van der Waals surface area contributed by atoms with E-state index in [1.54, 1.807) is 0 Å². The average Bonchev–Trinajstić information content (AvgIpc) is 3.11. The molecule has 1 aromatic heterocycles. The van der Waals surface area contributed by atoms with Crippen LogP contribution in [0, 0.1) is 24.7 Å². The summed E-state index contributed by atoms with van der Waals surface area (Å²) >= 11 is 1.48. The van der Waals surface area contributed by atoms with Crippen LogP contribution >= 0.6 is 11.3 Å². The number of amides is 2. The summed E-state index contributed by atoms with van der Waals surface area (Å²) in [6.07, 6.45) is 3.37. The van der Waals surface area contributed by atoms with Crippen molar-refractivity contribution in [2.24, 2.45) is 17.8 Å². The van der Waals surface area contributed by atoms with Gasteiger partial charge < -0.3 is 15.0 Å². The van der Waals surface area contributed by atoms with Crippen LogP contribution in [0.1, 0.15) is 34.5 Å². The molecule has 6 heteroatoms. The molecule has 3 atom stereocenters. The van der Waals surface area contributed by atoms with E-state index in [9.17, 15) is 9.59 Å². The third-order valence-electron chi connectivity index (χ3n) is 5.42. The highest BCUT2D eigenvalue weighted by molar-refractivity contribution is 7.12. The Kier molecular flexibility index (Phi) is 4.35. The molecule has 3 heterocycles. The van der Waals surface area contributed by atoms with E-state index in [-0.39, 0.29) is 29.8 Å². The van der Waals surface area contributed by atoms with Gasteiger partial charge in [-0.25, -0.2) is 0 Å². The van der Waals surface area contributed by atoms with E-state index in [0.717, 1.165) is 23.4 Å². The summed E-state index contributed by atoms with van der Waals surface area (Å²) in [4.78, 5) is 28.0. The van der Waals surface area contributed by atoms with E-state index >= 15 is 0 Å². The molecule has 1 aliphatic carbocycles. The summed E-state index contributed by atoms with van der Waals surface area (Å²) in [5.41, 5.74) is 1.11. The monoisotopic (exact) mass is 348 g/mol. The first kappa shape index (κ1) is 16.1. The van der Waals surface area contributed by atoms with Gasteiger partial charge in [-0.2, -0.15) is 0 Å². The van der Waals surface area contributed by atoms with Crippen molar-refractivity contribution in [3.8, 4) is 0 Å². The molecule has 5 nitrogen and oxygen atoms in total. The Morgan fingerprint density at radius 3 is 2.88 bits per heavy atom. The summed E-state index contributed by atoms with van der Waals surface area (Å²) in [7, 11) is 0. The third-order valence-corrected chi connectivity index (χ3v) is 6.46. The van der Waals surface area contributed by atoms with E-state index in [1.165, 1.54) is 24.2 Å². The molecular formula is C18H24N2O3S. The van der Waals surface area contributed by atoms with Crippen molar-refractivity contribution in [3.05, 3.63) is 21.9 Å². The largest absolute Gasteiger partial charge is 0.376 e. The van der Waals surface area contributed by atoms with Crippen LogP contribution in [0.3, 0.4) is 0 Å². The summed E-state index contributed by atoms with van der Waals surface area (Å²) < 4.78 is 5.83. The molecular weight excluding hydrogens is 324 g/mol. The van der Waals surface area contributed by atoms with E-state index < -0.39 is 0 Å². The van der Waals surface area contributed by atoms with Crippen LogP contribution in [0.5, 0.6) is 0 Å². The van der Waals surface area contributed by atoms with Gasteiger partial charge in [0.2, 0.25) is 5.91 Å². The standard InChI is InChI=1S/C18H24N2O3S/c1-11-6-16(24-10-11)18(22)20-8-14(13-4-5-23-15(13)9-20)17(21)19-7-12-2-3-12/h6,10,12-15H,2-5,7-9H2,1H3,(H,19,21)/t13-,14-,15+/m0/s1. The second-order valence-electron chi connectivity index (χ2n) is 7.36. The molecule has 2 aliphatic heterocycles. The van der Waals surface area contributed by atoms with Gasteiger partial charge in [0.25, 0.3) is 5.91 Å². The van der Waals surface area contributed by atoms with Crippen molar-refractivity contribution < 1.29 is 14.3 Å². The zero-order valence-electron chi connectivity index (χ0n) is 14.0. The Hall–Kier alpha value is -1.40. The van der Waals surface area contributed by atoms with Crippen molar-refractivity contribution in [2.45, 2.75) is 32.3 Å². The van der Waals surface area contributed by atoms with E-state index in [0.29, 0.717) is 25.6 Å². The minimum absolute atomic E-state index is 0.000402. The van der Waals surface area contributed by atoms with Crippen LogP contribution in [0.4, 0.5) is 0 Å². The molecule has 0 spiro atoms. The highest BCUT2D eigenvalue weighted by atomic mass is 32.1. The summed E-state index contributed by atoms with van der Waals surface area (Å²) in [5, 5.41) is 5.09. The SMILES string of the molecule is Cc1csc(C(=O)N2C[C@H](C(=O)NCC3CC3)[C@@H]3CCO[C@@H]3C2)c1. The van der Waals surface area contributed by atoms with Gasteiger partial charge in [-0.1, -0.05) is 0 Å². The number of hydrogen-bond acceptors (Lipinski definition) is 4. The molecule has 2 amide bonds. The lowest BCUT2D eigenvalue weighted by Gasteiger charge is -2.39. The lowest BCUT2D eigenvalue weighted by molar-refractivity contribution is -0.130. The number of ether oxygens (including phenoxy) is 1. The van der Waals surface area contributed by atoms with Crippen molar-refractivity contribution in [1.82, 2.24) is 10.2 Å². The van der Waals surface area contributed by atoms with Crippen molar-refractivity contribution in [3.63, 3.8) is 0 Å². The lowest BCUT2D eigenvalue weighted by Crippen LogP contribution is -2.54. The number of thiophene rings is 1. The highest BCUT2D eigenvalue weighted by Crippen LogP contribution is 2.35. The maximum Gasteiger partial charge on any atom is 0.264 e. The quantitative estimate of drug-likeness (QED) is 0.906. The fraction of sp³-hybridized carbons (Fsp3) is 0.667. The summed E-state index contributed by atoms with van der Waals surface area (Å²) in [6, 6.07) is 1.93. The van der Waals surface area contributed by atoms with E-state index in [4.69, 9.17) is 4.74 Å². The smallest absolute Gasteiger partial charge is 0.264 e. The number of rotatable bonds is 4. The molecule has 130 valence electrons. The number of nitrogens with zero attached hydrogens (tertiary/aromatic N) is 1. The van der Waals surface area contributed by atoms with Crippen molar-refractivity contribution in [1.29, 1.82) is 0 Å². The van der Waals surface area contributed by atoms with E-state index in [2.05, 4.69) is 5.32 Å². The first-order chi connectivity index (χ1) is 11.6. The number of aryl methyl sites for hydroxylation is 1. The average molecular weight is 348 g/mol. The predicted octanol–water partition coefficient (Wildman–Crippen LogP) is 2.06. The van der Waals surface area contributed by atoms with Gasteiger partial charge in [0.1, 0.15) is 0 Å². The Balaban J connectivity index is 1.47. The van der Waals surface area contributed by atoms with Crippen LogP contribution in [0.15, 0.2) is 11.4 Å². The van der Waals surface area contributed by atoms with Crippen LogP contribution in [-0.2, 0) is 9.53 Å². The number of carbonyl (C=O) groups excluding carboxylic acids is 2. The molecule has 1 aromatic rings. The maximum absolute atomic E-state index is 12.8. The van der Waals surface area contributed by atoms with Gasteiger partial charge in [0, 0.05) is 32.2 Å². The number of likely N-dealkylation sites (tertiary alicyclic amines) is 1. The number of hydrogen-bond donors (Lipinski definition) is 1. The molecule has 2 saturated heterocycles. The fourth-order valence-corrected chi connectivity index (χ4v) is 4.68. The topological polar surface area (TPSA) is 58.6 Å². The zero-order chi connectivity index (χ0) is 16.7. The van der Waals surface area contributed by atoms with Gasteiger partial charge in [0.15, 0.2) is 0 Å².